The molecule has 52 heavy (non-hydrogen) atoms. The monoisotopic (exact) mass is 744 g/mol. The molecule has 2 saturated heterocycles. The Morgan fingerprint density at radius 2 is 1.06 bits per heavy atom. The first-order chi connectivity index (χ1) is 24.4. The highest BCUT2D eigenvalue weighted by atomic mass is 16.8. The highest BCUT2D eigenvalue weighted by Crippen LogP contribution is 2.37. The molecular weight excluding hydrogens is 704 g/mol. The lowest BCUT2D eigenvalue weighted by atomic mass is 9.95. The summed E-state index contributed by atoms with van der Waals surface area (Å²) >= 11 is 0. The maximum atomic E-state index is 13.1. The van der Waals surface area contributed by atoms with Crippen LogP contribution in [0.3, 0.4) is 0 Å². The van der Waals surface area contributed by atoms with Crippen LogP contribution in [0.15, 0.2) is 17.1 Å². The highest BCUT2D eigenvalue weighted by Gasteiger charge is 2.57. The van der Waals surface area contributed by atoms with Crippen molar-refractivity contribution in [3.63, 3.8) is 0 Å². The van der Waals surface area contributed by atoms with Gasteiger partial charge < -0.3 is 52.1 Å². The van der Waals surface area contributed by atoms with Gasteiger partial charge in [-0.3, -0.25) is 38.1 Å². The standard InChI is InChI=1S/C31H40N2O19/c1-13(34)43-11-20-24(25(46-16(4)37)27(48-18(6)39)29(50-20)33-10-9-22(42-8)32-31(33)41)52-30-28(49-19(7)40)26(47-17(5)38)23(45-15(3)36)21(51-30)12-44-14(2)35/h9-10,20-21,23-30H,11-12H2,1-8H3/t20-,21+,23+,24-,25+,26-,27-,28+,29+,30-/m1/s1. The Balaban J connectivity index is 2.23. The van der Waals surface area contributed by atoms with E-state index in [-0.39, 0.29) is 5.88 Å². The van der Waals surface area contributed by atoms with E-state index in [1.54, 1.807) is 0 Å². The molecule has 0 saturated carbocycles. The summed E-state index contributed by atoms with van der Waals surface area (Å²) in [6.45, 7) is 6.03. The summed E-state index contributed by atoms with van der Waals surface area (Å²) in [4.78, 5) is 103. The number of hydrogen-bond acceptors (Lipinski definition) is 20. The molecule has 0 unspecified atom stereocenters. The van der Waals surface area contributed by atoms with Gasteiger partial charge in [0.1, 0.15) is 31.5 Å². The molecule has 21 heteroatoms. The summed E-state index contributed by atoms with van der Waals surface area (Å²) in [5.74, 6) is -6.25. The van der Waals surface area contributed by atoms with Crippen molar-refractivity contribution in [2.24, 2.45) is 0 Å². The fourth-order valence-electron chi connectivity index (χ4n) is 5.42. The van der Waals surface area contributed by atoms with E-state index < -0.39 is 122 Å². The van der Waals surface area contributed by atoms with E-state index in [0.717, 1.165) is 53.0 Å². The van der Waals surface area contributed by atoms with Crippen molar-refractivity contribution in [3.8, 4) is 5.88 Å². The fourth-order valence-corrected chi connectivity index (χ4v) is 5.42. The highest BCUT2D eigenvalue weighted by molar-refractivity contribution is 5.69. The van der Waals surface area contributed by atoms with Gasteiger partial charge in [0, 0.05) is 60.7 Å². The van der Waals surface area contributed by atoms with Crippen LogP contribution in [-0.2, 0) is 80.9 Å². The number of ether oxygens (including phenoxy) is 11. The molecule has 2 aliphatic rings. The predicted octanol–water partition coefficient (Wildman–Crippen LogP) is -0.956. The lowest BCUT2D eigenvalue weighted by molar-refractivity contribution is -0.349. The molecule has 3 heterocycles. The molecule has 0 spiro atoms. The summed E-state index contributed by atoms with van der Waals surface area (Å²) < 4.78 is 62.1. The molecule has 1 aromatic heterocycles. The van der Waals surface area contributed by atoms with Gasteiger partial charge in [-0.25, -0.2) is 4.79 Å². The van der Waals surface area contributed by atoms with Gasteiger partial charge in [0.05, 0.1) is 7.11 Å². The van der Waals surface area contributed by atoms with Gasteiger partial charge in [0.25, 0.3) is 0 Å². The first-order valence-electron chi connectivity index (χ1n) is 15.6. The molecule has 2 aliphatic heterocycles. The normalized spacial score (nSPS) is 28.3. The first-order valence-corrected chi connectivity index (χ1v) is 15.6. The Morgan fingerprint density at radius 1 is 0.615 bits per heavy atom. The minimum absolute atomic E-state index is 0.0704. The van der Waals surface area contributed by atoms with E-state index in [2.05, 4.69) is 4.98 Å². The number of aromatic nitrogens is 2. The zero-order valence-corrected chi connectivity index (χ0v) is 29.5. The van der Waals surface area contributed by atoms with Gasteiger partial charge in [-0.05, 0) is 0 Å². The van der Waals surface area contributed by atoms with Gasteiger partial charge in [-0.15, -0.1) is 0 Å². The van der Waals surface area contributed by atoms with E-state index >= 15 is 0 Å². The van der Waals surface area contributed by atoms with E-state index in [1.807, 2.05) is 0 Å². The number of carbonyl (C=O) groups excluding carboxylic acids is 7. The molecule has 10 atom stereocenters. The van der Waals surface area contributed by atoms with Crippen molar-refractivity contribution in [3.05, 3.63) is 22.7 Å². The van der Waals surface area contributed by atoms with Crippen molar-refractivity contribution in [2.75, 3.05) is 20.3 Å². The molecule has 2 fully saturated rings. The zero-order valence-electron chi connectivity index (χ0n) is 29.5. The molecule has 0 bridgehead atoms. The number of esters is 7. The van der Waals surface area contributed by atoms with E-state index in [4.69, 9.17) is 52.1 Å². The Hall–Kier alpha value is -5.15. The number of carbonyl (C=O) groups is 7. The van der Waals surface area contributed by atoms with Crippen molar-refractivity contribution in [2.45, 2.75) is 110 Å². The molecule has 0 radical (unpaired) electrons. The van der Waals surface area contributed by atoms with Crippen LogP contribution in [-0.4, -0.2) is 127 Å². The largest absolute Gasteiger partial charge is 0.481 e. The number of methoxy groups -OCH3 is 1. The van der Waals surface area contributed by atoms with E-state index in [1.165, 1.54) is 19.4 Å². The number of hydrogen-bond donors (Lipinski definition) is 0. The third-order valence-corrected chi connectivity index (χ3v) is 7.19. The molecule has 3 rings (SSSR count). The van der Waals surface area contributed by atoms with Crippen molar-refractivity contribution in [1.29, 1.82) is 0 Å². The SMILES string of the molecule is COc1ccn([C@H]2O[C@H](COC(C)=O)[C@@H](O[C@H]3O[C@@H](COC(C)=O)[C@H](OC(C)=O)[C@@H](OC(C)=O)[C@@H]3OC(C)=O)[C@H](OC(C)=O)[C@H]2OC(C)=O)c(=O)n1. The first kappa shape index (κ1) is 41.3. The summed E-state index contributed by atoms with van der Waals surface area (Å²) in [6, 6.07) is 1.29. The molecule has 0 N–H and O–H groups in total. The van der Waals surface area contributed by atoms with E-state index in [9.17, 15) is 38.4 Å². The van der Waals surface area contributed by atoms with Crippen LogP contribution in [0.25, 0.3) is 0 Å². The summed E-state index contributed by atoms with van der Waals surface area (Å²) in [5, 5.41) is 0. The van der Waals surface area contributed by atoms with Crippen molar-refractivity contribution < 1.29 is 85.7 Å². The van der Waals surface area contributed by atoms with Gasteiger partial charge in [0.2, 0.25) is 5.88 Å². The van der Waals surface area contributed by atoms with Crippen LogP contribution in [0.4, 0.5) is 0 Å². The van der Waals surface area contributed by atoms with E-state index in [0.29, 0.717) is 0 Å². The minimum Gasteiger partial charge on any atom is -0.481 e. The number of nitrogens with zero attached hydrogens (tertiary/aromatic N) is 2. The molecule has 21 nitrogen and oxygen atoms in total. The topological polar surface area (TPSA) is 256 Å². The average Bonchev–Trinajstić information content (AvgIpc) is 3.02. The molecule has 0 aromatic carbocycles. The quantitative estimate of drug-likeness (QED) is 0.174. The second-order valence-corrected chi connectivity index (χ2v) is 11.3. The molecule has 288 valence electrons. The Bertz CT molecular complexity index is 1560. The van der Waals surface area contributed by atoms with Crippen LogP contribution < -0.4 is 10.4 Å². The van der Waals surface area contributed by atoms with Gasteiger partial charge in [-0.1, -0.05) is 0 Å². The van der Waals surface area contributed by atoms with Gasteiger partial charge in [-0.2, -0.15) is 4.98 Å². The Morgan fingerprint density at radius 3 is 1.52 bits per heavy atom. The van der Waals surface area contributed by atoms with Crippen LogP contribution in [0.1, 0.15) is 54.7 Å². The summed E-state index contributed by atoms with van der Waals surface area (Å²) in [6.07, 6.45) is -15.2. The van der Waals surface area contributed by atoms with Crippen LogP contribution in [0.5, 0.6) is 5.88 Å². The van der Waals surface area contributed by atoms with Gasteiger partial charge >= 0.3 is 47.5 Å². The second-order valence-electron chi connectivity index (χ2n) is 11.3. The fraction of sp³-hybridized carbons (Fsp3) is 0.645. The maximum Gasteiger partial charge on any atom is 0.353 e. The molecule has 0 aliphatic carbocycles. The zero-order chi connectivity index (χ0) is 38.9. The maximum absolute atomic E-state index is 13.1. The lowest BCUT2D eigenvalue weighted by Crippen LogP contribution is -2.66. The second kappa shape index (κ2) is 18.4. The molecule has 1 aromatic rings. The third kappa shape index (κ3) is 11.2. The Labute approximate surface area is 295 Å². The molecular formula is C31H40N2O19. The van der Waals surface area contributed by atoms with Crippen LogP contribution in [0.2, 0.25) is 0 Å². The number of rotatable bonds is 13. The predicted molar refractivity (Wildman–Crippen MR) is 164 cm³/mol. The van der Waals surface area contributed by atoms with Crippen LogP contribution in [0, 0.1) is 0 Å². The van der Waals surface area contributed by atoms with Crippen LogP contribution >= 0.6 is 0 Å². The lowest BCUT2D eigenvalue weighted by Gasteiger charge is -2.48. The average molecular weight is 745 g/mol. The molecule has 0 amide bonds. The summed E-state index contributed by atoms with van der Waals surface area (Å²) in [5.41, 5.74) is -0.951. The van der Waals surface area contributed by atoms with Crippen molar-refractivity contribution in [1.82, 2.24) is 9.55 Å². The third-order valence-electron chi connectivity index (χ3n) is 7.19. The van der Waals surface area contributed by atoms with Gasteiger partial charge in [0.15, 0.2) is 43.0 Å². The smallest absolute Gasteiger partial charge is 0.353 e. The van der Waals surface area contributed by atoms with Crippen molar-refractivity contribution >= 4 is 41.8 Å². The summed E-state index contributed by atoms with van der Waals surface area (Å²) in [7, 11) is 1.27. The Kier molecular flexibility index (Phi) is 14.6. The minimum atomic E-state index is -1.85.